The first-order chi connectivity index (χ1) is 26.8. The second-order valence-corrected chi connectivity index (χ2v) is 14.1. The van der Waals surface area contributed by atoms with Crippen LogP contribution in [0.2, 0.25) is 0 Å². The predicted octanol–water partition coefficient (Wildman–Crippen LogP) is 5.88. The molecule has 0 spiro atoms. The van der Waals surface area contributed by atoms with Gasteiger partial charge in [-0.2, -0.15) is 0 Å². The smallest absolute Gasteiger partial charge is 0.245 e. The highest BCUT2D eigenvalue weighted by Gasteiger charge is 2.25. The molecule has 0 unspecified atom stereocenters. The van der Waals surface area contributed by atoms with Crippen molar-refractivity contribution in [2.45, 2.75) is 84.0 Å². The monoisotopic (exact) mass is 821 g/mol. The Morgan fingerprint density at radius 2 is 1.46 bits per heavy atom. The van der Waals surface area contributed by atoms with Crippen molar-refractivity contribution in [1.29, 1.82) is 0 Å². The molecule has 0 aliphatic heterocycles. The minimum Gasteiger partial charge on any atom is -0.493 e. The lowest BCUT2D eigenvalue weighted by Crippen LogP contribution is -2.42. The number of rotatable bonds is 23. The second-order valence-electron chi connectivity index (χ2n) is 14.1. The zero-order valence-electron chi connectivity index (χ0n) is 32.8. The fourth-order valence-electron chi connectivity index (χ4n) is 6.18. The highest BCUT2D eigenvalue weighted by Crippen LogP contribution is 2.36. The van der Waals surface area contributed by atoms with Crippen molar-refractivity contribution in [3.63, 3.8) is 0 Å². The van der Waals surface area contributed by atoms with Crippen LogP contribution >= 0.6 is 24.8 Å². The van der Waals surface area contributed by atoms with Gasteiger partial charge in [0.15, 0.2) is 5.96 Å². The molecule has 5 aromatic rings. The van der Waals surface area contributed by atoms with E-state index in [9.17, 15) is 4.79 Å². The number of para-hydroxylation sites is 2. The van der Waals surface area contributed by atoms with E-state index in [0.29, 0.717) is 62.9 Å². The molecule has 0 bridgehead atoms. The van der Waals surface area contributed by atoms with Crippen LogP contribution in [0.5, 0.6) is 11.5 Å². The summed E-state index contributed by atoms with van der Waals surface area (Å²) in [6.07, 6.45) is 8.73. The van der Waals surface area contributed by atoms with E-state index < -0.39 is 6.04 Å². The van der Waals surface area contributed by atoms with Crippen molar-refractivity contribution in [3.8, 4) is 22.6 Å². The summed E-state index contributed by atoms with van der Waals surface area (Å²) in [5.41, 5.74) is 21.4. The minimum atomic E-state index is -0.668. The van der Waals surface area contributed by atoms with Gasteiger partial charge in [-0.05, 0) is 62.3 Å². The van der Waals surface area contributed by atoms with Gasteiger partial charge in [-0.15, -0.1) is 35.0 Å². The van der Waals surface area contributed by atoms with Crippen molar-refractivity contribution in [1.82, 2.24) is 35.3 Å². The van der Waals surface area contributed by atoms with Crippen LogP contribution in [0.1, 0.15) is 75.4 Å². The largest absolute Gasteiger partial charge is 0.493 e. The number of carbonyl (C=O) groups excluding carboxylic acids is 1. The van der Waals surface area contributed by atoms with Crippen LogP contribution in [0.25, 0.3) is 11.1 Å². The number of amides is 1. The molecule has 308 valence electrons. The number of benzene rings is 3. The van der Waals surface area contributed by atoms with Gasteiger partial charge in [0.1, 0.15) is 29.8 Å². The van der Waals surface area contributed by atoms with Crippen LogP contribution < -0.4 is 32.0 Å². The molecule has 2 heterocycles. The number of guanidine groups is 1. The Bertz CT molecular complexity index is 1930. The topological polar surface area (TPSA) is 199 Å². The molecule has 57 heavy (non-hydrogen) atoms. The van der Waals surface area contributed by atoms with Gasteiger partial charge in [0.25, 0.3) is 0 Å². The minimum absolute atomic E-state index is 0. The number of unbranched alkanes of at least 4 members (excludes halogenated alkanes) is 1. The molecule has 1 amide bonds. The van der Waals surface area contributed by atoms with E-state index in [1.165, 1.54) is 0 Å². The molecule has 14 nitrogen and oxygen atoms in total. The molecule has 16 heteroatoms. The summed E-state index contributed by atoms with van der Waals surface area (Å²) >= 11 is 0. The number of nitrogens with zero attached hydrogens (tertiary/aromatic N) is 7. The molecule has 7 N–H and O–H groups in total. The van der Waals surface area contributed by atoms with Crippen molar-refractivity contribution >= 4 is 36.7 Å². The fourth-order valence-corrected chi connectivity index (χ4v) is 6.18. The molecular weight excluding hydrogens is 765 g/mol. The number of aromatic nitrogens is 6. The summed E-state index contributed by atoms with van der Waals surface area (Å²) < 4.78 is 15.9. The van der Waals surface area contributed by atoms with Gasteiger partial charge in [-0.3, -0.25) is 14.5 Å². The molecule has 0 aliphatic carbocycles. The molecule has 0 fully saturated rings. The zero-order valence-corrected chi connectivity index (χ0v) is 34.4. The van der Waals surface area contributed by atoms with E-state index in [4.69, 9.17) is 26.7 Å². The number of hydrogen-bond donors (Lipinski definition) is 4. The summed E-state index contributed by atoms with van der Waals surface area (Å²) in [6.45, 7) is 6.55. The van der Waals surface area contributed by atoms with Crippen molar-refractivity contribution < 1.29 is 14.3 Å². The SMILES string of the molecule is CC(C)CCOc1ccccc1-c1ccccc1OCc1cn([C@H](CCCN=C(N)N)C(=O)N[C@H](CCCCN)Cn2cc(Cc3ccccc3)nn2)nn1.Cl.Cl. The van der Waals surface area contributed by atoms with Gasteiger partial charge in [0.05, 0.1) is 25.0 Å². The first kappa shape index (κ1) is 46.2. The number of ether oxygens (including phenoxy) is 2. The Morgan fingerprint density at radius 3 is 2.14 bits per heavy atom. The number of halogens is 2. The lowest BCUT2D eigenvalue weighted by Gasteiger charge is -2.23. The number of aliphatic imine (C=N–C) groups is 1. The lowest BCUT2D eigenvalue weighted by molar-refractivity contribution is -0.125. The third kappa shape index (κ3) is 15.0. The van der Waals surface area contributed by atoms with Gasteiger partial charge >= 0.3 is 0 Å². The highest BCUT2D eigenvalue weighted by molar-refractivity contribution is 5.85. The zero-order chi connectivity index (χ0) is 38.8. The van der Waals surface area contributed by atoms with Crippen molar-refractivity contribution in [3.05, 3.63) is 108 Å². The van der Waals surface area contributed by atoms with Crippen LogP contribution in [0.15, 0.2) is 96.2 Å². The Morgan fingerprint density at radius 1 is 0.789 bits per heavy atom. The van der Waals surface area contributed by atoms with E-state index >= 15 is 0 Å². The molecular formula is C41H57Cl2N11O3. The number of carbonyl (C=O) groups is 1. The predicted molar refractivity (Wildman–Crippen MR) is 229 cm³/mol. The maximum Gasteiger partial charge on any atom is 0.245 e. The van der Waals surface area contributed by atoms with Gasteiger partial charge in [-0.1, -0.05) is 97.4 Å². The average Bonchev–Trinajstić information content (AvgIpc) is 3.84. The summed E-state index contributed by atoms with van der Waals surface area (Å²) in [5.74, 6) is 1.84. The molecule has 2 aromatic heterocycles. The van der Waals surface area contributed by atoms with Crippen LogP contribution in [0.4, 0.5) is 0 Å². The summed E-state index contributed by atoms with van der Waals surface area (Å²) in [5, 5.41) is 20.8. The van der Waals surface area contributed by atoms with Gasteiger partial charge < -0.3 is 32.0 Å². The third-order valence-corrected chi connectivity index (χ3v) is 9.08. The number of hydrogen-bond acceptors (Lipinski definition) is 9. The maximum absolute atomic E-state index is 14.1. The lowest BCUT2D eigenvalue weighted by atomic mass is 10.0. The summed E-state index contributed by atoms with van der Waals surface area (Å²) in [6, 6.07) is 25.1. The third-order valence-electron chi connectivity index (χ3n) is 9.08. The van der Waals surface area contributed by atoms with Crippen LogP contribution in [0.3, 0.4) is 0 Å². The van der Waals surface area contributed by atoms with E-state index in [-0.39, 0.29) is 49.3 Å². The normalized spacial score (nSPS) is 11.9. The van der Waals surface area contributed by atoms with Gasteiger partial charge in [-0.25, -0.2) is 4.68 Å². The standard InChI is InChI=1S/C41H55N11O3.2ClH/c1-30(2)21-24-54-38-19-8-6-16-35(38)36-17-7-9-20-39(36)55-29-34-28-52(50-48-34)37(18-12-23-45-41(43)44)40(53)46-32(15-10-11-22-42)26-51-27-33(47-49-51)25-31-13-4-3-5-14-31;;/h3-9,13-14,16-17,19-20,27-28,30,32,37H,10-12,15,18,21-26,29,42H2,1-2H3,(H,46,53)(H4,43,44,45);2*1H/t32-,37-;;/m1../s1. The summed E-state index contributed by atoms with van der Waals surface area (Å²) in [7, 11) is 0. The Kier molecular flexibility index (Phi) is 19.8. The highest BCUT2D eigenvalue weighted by atomic mass is 35.5. The van der Waals surface area contributed by atoms with E-state index in [1.54, 1.807) is 15.6 Å². The molecule has 0 radical (unpaired) electrons. The Labute approximate surface area is 347 Å². The number of nitrogens with one attached hydrogen (secondary N) is 1. The Hall–Kier alpha value is -5.18. The number of nitrogens with two attached hydrogens (primary N) is 3. The van der Waals surface area contributed by atoms with E-state index in [2.05, 4.69) is 56.9 Å². The fraction of sp³-hybridized carbons (Fsp3) is 0.415. The van der Waals surface area contributed by atoms with E-state index in [0.717, 1.165) is 53.8 Å². The molecule has 2 atom stereocenters. The van der Waals surface area contributed by atoms with Crippen LogP contribution in [0, 0.1) is 5.92 Å². The van der Waals surface area contributed by atoms with Crippen molar-refractivity contribution in [2.24, 2.45) is 28.1 Å². The summed E-state index contributed by atoms with van der Waals surface area (Å²) in [4.78, 5) is 18.2. The second kappa shape index (κ2) is 24.5. The first-order valence-electron chi connectivity index (χ1n) is 19.1. The molecule has 3 aromatic carbocycles. The maximum atomic E-state index is 14.1. The van der Waals surface area contributed by atoms with Crippen LogP contribution in [-0.4, -0.2) is 67.6 Å². The van der Waals surface area contributed by atoms with Crippen LogP contribution in [-0.2, 0) is 24.4 Å². The first-order valence-corrected chi connectivity index (χ1v) is 19.1. The molecule has 0 aliphatic rings. The van der Waals surface area contributed by atoms with E-state index in [1.807, 2.05) is 72.9 Å². The molecule has 0 saturated heterocycles. The van der Waals surface area contributed by atoms with Crippen molar-refractivity contribution in [2.75, 3.05) is 19.7 Å². The van der Waals surface area contributed by atoms with Gasteiger partial charge in [0, 0.05) is 36.3 Å². The molecule has 0 saturated carbocycles. The Balaban J connectivity index is 0.00000435. The quantitative estimate of drug-likeness (QED) is 0.0350. The molecule has 5 rings (SSSR count). The van der Waals surface area contributed by atoms with Gasteiger partial charge in [0.2, 0.25) is 5.91 Å². The average molecular weight is 823 g/mol.